The van der Waals surface area contributed by atoms with E-state index in [1.165, 1.54) is 17.3 Å². The first-order valence-corrected chi connectivity index (χ1v) is 6.03. The number of rotatable bonds is 5. The molecular weight excluding hydrogens is 220 g/mol. The standard InChI is InChI=1S/C11H14N4S/c1-2-13-10(11-8-14-16-15-11)7-9-3-5-12-6-4-9/h3-6,8,10,13H,2,7H2,1H3. The Morgan fingerprint density at radius 3 is 2.81 bits per heavy atom. The molecule has 1 unspecified atom stereocenters. The van der Waals surface area contributed by atoms with Crippen LogP contribution in [-0.2, 0) is 6.42 Å². The molecule has 0 aliphatic rings. The van der Waals surface area contributed by atoms with Crippen LogP contribution in [0.3, 0.4) is 0 Å². The van der Waals surface area contributed by atoms with Crippen LogP contribution in [0.15, 0.2) is 30.7 Å². The van der Waals surface area contributed by atoms with Crippen molar-refractivity contribution < 1.29 is 0 Å². The fourth-order valence-electron chi connectivity index (χ4n) is 1.61. The number of hydrogen-bond donors (Lipinski definition) is 1. The lowest BCUT2D eigenvalue weighted by atomic mass is 10.1. The summed E-state index contributed by atoms with van der Waals surface area (Å²) in [6.07, 6.45) is 6.39. The van der Waals surface area contributed by atoms with Crippen molar-refractivity contribution in [1.29, 1.82) is 0 Å². The molecule has 0 amide bonds. The minimum Gasteiger partial charge on any atom is -0.309 e. The van der Waals surface area contributed by atoms with E-state index < -0.39 is 0 Å². The van der Waals surface area contributed by atoms with E-state index in [0.29, 0.717) is 0 Å². The van der Waals surface area contributed by atoms with Gasteiger partial charge in [0.15, 0.2) is 0 Å². The van der Waals surface area contributed by atoms with E-state index in [-0.39, 0.29) is 6.04 Å². The molecule has 0 aliphatic heterocycles. The van der Waals surface area contributed by atoms with Crippen LogP contribution in [0.5, 0.6) is 0 Å². The molecule has 0 saturated heterocycles. The number of hydrogen-bond acceptors (Lipinski definition) is 5. The van der Waals surface area contributed by atoms with Crippen molar-refractivity contribution in [3.05, 3.63) is 42.0 Å². The maximum Gasteiger partial charge on any atom is 0.0915 e. The smallest absolute Gasteiger partial charge is 0.0915 e. The maximum absolute atomic E-state index is 4.28. The van der Waals surface area contributed by atoms with Gasteiger partial charge in [-0.2, -0.15) is 8.75 Å². The summed E-state index contributed by atoms with van der Waals surface area (Å²) in [5, 5.41) is 3.42. The van der Waals surface area contributed by atoms with Crippen molar-refractivity contribution in [2.45, 2.75) is 19.4 Å². The summed E-state index contributed by atoms with van der Waals surface area (Å²) >= 11 is 1.25. The minimum atomic E-state index is 0.242. The molecule has 2 aromatic heterocycles. The Labute approximate surface area is 99.1 Å². The lowest BCUT2D eigenvalue weighted by Crippen LogP contribution is -2.23. The first-order chi connectivity index (χ1) is 7.90. The molecule has 0 fully saturated rings. The van der Waals surface area contributed by atoms with Crippen molar-refractivity contribution in [1.82, 2.24) is 19.0 Å². The van der Waals surface area contributed by atoms with E-state index in [4.69, 9.17) is 0 Å². The van der Waals surface area contributed by atoms with Gasteiger partial charge in [0.25, 0.3) is 0 Å². The van der Waals surface area contributed by atoms with Gasteiger partial charge < -0.3 is 5.32 Å². The molecule has 0 radical (unpaired) electrons. The second kappa shape index (κ2) is 5.67. The van der Waals surface area contributed by atoms with Crippen LogP contribution in [0.1, 0.15) is 24.2 Å². The quantitative estimate of drug-likeness (QED) is 0.857. The SMILES string of the molecule is CCNC(Cc1ccncc1)c1cnsn1. The predicted molar refractivity (Wildman–Crippen MR) is 64.3 cm³/mol. The highest BCUT2D eigenvalue weighted by Crippen LogP contribution is 2.16. The second-order valence-corrected chi connectivity index (χ2v) is 4.06. The Kier molecular flexibility index (Phi) is 3.96. The van der Waals surface area contributed by atoms with Crippen molar-refractivity contribution in [2.24, 2.45) is 0 Å². The highest BCUT2D eigenvalue weighted by Gasteiger charge is 2.13. The molecule has 84 valence electrons. The molecule has 0 spiro atoms. The lowest BCUT2D eigenvalue weighted by molar-refractivity contribution is 0.540. The molecule has 1 atom stereocenters. The third-order valence-corrected chi connectivity index (χ3v) is 2.87. The Balaban J connectivity index is 2.09. The summed E-state index contributed by atoms with van der Waals surface area (Å²) in [4.78, 5) is 4.02. The van der Waals surface area contributed by atoms with Crippen LogP contribution >= 0.6 is 11.7 Å². The molecule has 0 saturated carbocycles. The zero-order valence-electron chi connectivity index (χ0n) is 9.13. The summed E-state index contributed by atoms with van der Waals surface area (Å²) in [6.45, 7) is 3.02. The van der Waals surface area contributed by atoms with Gasteiger partial charge in [-0.25, -0.2) is 0 Å². The van der Waals surface area contributed by atoms with E-state index in [1.807, 2.05) is 30.7 Å². The first kappa shape index (κ1) is 11.2. The summed E-state index contributed by atoms with van der Waals surface area (Å²) < 4.78 is 8.33. The van der Waals surface area contributed by atoms with Gasteiger partial charge in [0, 0.05) is 12.4 Å². The van der Waals surface area contributed by atoms with E-state index >= 15 is 0 Å². The maximum atomic E-state index is 4.28. The highest BCUT2D eigenvalue weighted by molar-refractivity contribution is 6.99. The average molecular weight is 234 g/mol. The summed E-state index contributed by atoms with van der Waals surface area (Å²) in [7, 11) is 0. The molecule has 2 rings (SSSR count). The second-order valence-electron chi connectivity index (χ2n) is 3.50. The molecule has 5 heteroatoms. The molecular formula is C11H14N4S. The van der Waals surface area contributed by atoms with Crippen molar-refractivity contribution in [2.75, 3.05) is 6.54 Å². The van der Waals surface area contributed by atoms with Crippen LogP contribution in [0.4, 0.5) is 0 Å². The largest absolute Gasteiger partial charge is 0.309 e. The number of pyridine rings is 1. The van der Waals surface area contributed by atoms with Gasteiger partial charge in [0.2, 0.25) is 0 Å². The number of nitrogens with one attached hydrogen (secondary N) is 1. The van der Waals surface area contributed by atoms with Gasteiger partial charge in [0.05, 0.1) is 29.7 Å². The third-order valence-electron chi connectivity index (χ3n) is 2.38. The summed E-state index contributed by atoms with van der Waals surface area (Å²) in [5.41, 5.74) is 2.28. The fraction of sp³-hybridized carbons (Fsp3) is 0.364. The zero-order valence-corrected chi connectivity index (χ0v) is 9.94. The molecule has 0 bridgehead atoms. The van der Waals surface area contributed by atoms with Gasteiger partial charge >= 0.3 is 0 Å². The van der Waals surface area contributed by atoms with E-state index in [1.54, 1.807) is 0 Å². The van der Waals surface area contributed by atoms with Gasteiger partial charge in [-0.1, -0.05) is 6.92 Å². The first-order valence-electron chi connectivity index (χ1n) is 5.30. The third kappa shape index (κ3) is 2.84. The topological polar surface area (TPSA) is 50.7 Å². The Morgan fingerprint density at radius 1 is 1.38 bits per heavy atom. The minimum absolute atomic E-state index is 0.242. The number of likely N-dealkylation sites (N-methyl/N-ethyl adjacent to an activating group) is 1. The molecule has 16 heavy (non-hydrogen) atoms. The monoisotopic (exact) mass is 234 g/mol. The molecule has 1 N–H and O–H groups in total. The lowest BCUT2D eigenvalue weighted by Gasteiger charge is -2.14. The Bertz CT molecular complexity index is 401. The van der Waals surface area contributed by atoms with Gasteiger partial charge in [-0.3, -0.25) is 4.98 Å². The number of aromatic nitrogens is 3. The summed E-state index contributed by atoms with van der Waals surface area (Å²) in [6, 6.07) is 4.31. The Morgan fingerprint density at radius 2 is 2.19 bits per heavy atom. The van der Waals surface area contributed by atoms with Crippen molar-refractivity contribution in [3.63, 3.8) is 0 Å². The van der Waals surface area contributed by atoms with Crippen LogP contribution in [0, 0.1) is 0 Å². The normalized spacial score (nSPS) is 12.6. The van der Waals surface area contributed by atoms with E-state index in [2.05, 4.69) is 26.0 Å². The van der Waals surface area contributed by atoms with Gasteiger partial charge in [-0.15, -0.1) is 0 Å². The van der Waals surface area contributed by atoms with Crippen molar-refractivity contribution >= 4 is 11.7 Å². The van der Waals surface area contributed by atoms with Crippen LogP contribution in [0.2, 0.25) is 0 Å². The molecule has 2 aromatic rings. The molecule has 4 nitrogen and oxygen atoms in total. The molecule has 0 aliphatic carbocycles. The van der Waals surface area contributed by atoms with Crippen molar-refractivity contribution in [3.8, 4) is 0 Å². The Hall–Kier alpha value is -1.33. The van der Waals surface area contributed by atoms with E-state index in [0.717, 1.165) is 18.7 Å². The average Bonchev–Trinajstić information content (AvgIpc) is 2.83. The molecule has 2 heterocycles. The van der Waals surface area contributed by atoms with Gasteiger partial charge in [0.1, 0.15) is 0 Å². The van der Waals surface area contributed by atoms with Crippen LogP contribution in [-0.4, -0.2) is 20.3 Å². The predicted octanol–water partition coefficient (Wildman–Crippen LogP) is 1.83. The van der Waals surface area contributed by atoms with Gasteiger partial charge in [-0.05, 0) is 30.7 Å². The van der Waals surface area contributed by atoms with E-state index in [9.17, 15) is 0 Å². The van der Waals surface area contributed by atoms with Crippen LogP contribution in [0.25, 0.3) is 0 Å². The fourth-order valence-corrected chi connectivity index (χ4v) is 2.08. The molecule has 0 aromatic carbocycles. The van der Waals surface area contributed by atoms with Crippen LogP contribution < -0.4 is 5.32 Å². The number of nitrogens with zero attached hydrogens (tertiary/aromatic N) is 3. The zero-order chi connectivity index (χ0) is 11.2. The highest BCUT2D eigenvalue weighted by atomic mass is 32.1. The summed E-state index contributed by atoms with van der Waals surface area (Å²) in [5.74, 6) is 0.